The molecule has 4 aromatic carbocycles. The van der Waals surface area contributed by atoms with Crippen molar-refractivity contribution in [3.05, 3.63) is 97.1 Å². The number of rotatable bonds is 7. The van der Waals surface area contributed by atoms with E-state index in [-0.39, 0.29) is 17.9 Å². The summed E-state index contributed by atoms with van der Waals surface area (Å²) >= 11 is 0. The molecule has 0 spiro atoms. The van der Waals surface area contributed by atoms with E-state index in [0.29, 0.717) is 11.5 Å². The average molecular weight is 469 g/mol. The summed E-state index contributed by atoms with van der Waals surface area (Å²) < 4.78 is 10.8. The molecule has 0 aliphatic carbocycles. The highest BCUT2D eigenvalue weighted by Gasteiger charge is 2.20. The van der Waals surface area contributed by atoms with Crippen molar-refractivity contribution in [1.82, 2.24) is 0 Å². The molecule has 0 radical (unpaired) electrons. The fourth-order valence-corrected chi connectivity index (χ4v) is 3.46. The minimum Gasteiger partial charge on any atom is -0.508 e. The van der Waals surface area contributed by atoms with Gasteiger partial charge in [0.25, 0.3) is 0 Å². The first kappa shape index (κ1) is 23.6. The Morgan fingerprint density at radius 2 is 0.943 bits per heavy atom. The molecule has 0 bridgehead atoms. The summed E-state index contributed by atoms with van der Waals surface area (Å²) in [5, 5.41) is 18.8. The topological polar surface area (TPSA) is 93.1 Å². The third-order valence-electron chi connectivity index (χ3n) is 5.44. The molecule has 4 rings (SSSR count). The predicted molar refractivity (Wildman–Crippen MR) is 132 cm³/mol. The smallest absolute Gasteiger partial charge is 0.314 e. The van der Waals surface area contributed by atoms with Crippen molar-refractivity contribution >= 4 is 11.9 Å². The molecular weight excluding hydrogens is 444 g/mol. The molecule has 0 aromatic heterocycles. The molecule has 0 heterocycles. The number of esters is 2. The highest BCUT2D eigenvalue weighted by atomic mass is 16.5. The van der Waals surface area contributed by atoms with Crippen LogP contribution in [0.15, 0.2) is 97.1 Å². The van der Waals surface area contributed by atoms with Crippen LogP contribution in [0.1, 0.15) is 13.3 Å². The molecule has 6 heteroatoms. The molecule has 0 aliphatic heterocycles. The molecular formula is C29H24O6. The Morgan fingerprint density at radius 3 is 1.34 bits per heavy atom. The van der Waals surface area contributed by atoms with Gasteiger partial charge >= 0.3 is 11.9 Å². The highest BCUT2D eigenvalue weighted by Crippen LogP contribution is 2.26. The number of aromatic hydroxyl groups is 2. The third kappa shape index (κ3) is 6.26. The summed E-state index contributed by atoms with van der Waals surface area (Å²) in [6.07, 6.45) is -0.121. The quantitative estimate of drug-likeness (QED) is 0.256. The average Bonchev–Trinajstić information content (AvgIpc) is 2.86. The van der Waals surface area contributed by atoms with Gasteiger partial charge in [-0.25, -0.2) is 0 Å². The van der Waals surface area contributed by atoms with Crippen molar-refractivity contribution in [2.75, 3.05) is 0 Å². The van der Waals surface area contributed by atoms with Crippen LogP contribution in [0.5, 0.6) is 23.0 Å². The zero-order valence-electron chi connectivity index (χ0n) is 19.0. The Kier molecular flexibility index (Phi) is 7.12. The number of carbonyl (C=O) groups is 2. The number of benzene rings is 4. The molecule has 1 atom stereocenters. The van der Waals surface area contributed by atoms with Crippen LogP contribution in [0, 0.1) is 5.92 Å². The van der Waals surface area contributed by atoms with Crippen molar-refractivity contribution in [3.63, 3.8) is 0 Å². The van der Waals surface area contributed by atoms with Crippen LogP contribution in [-0.2, 0) is 9.59 Å². The lowest BCUT2D eigenvalue weighted by Gasteiger charge is -2.12. The van der Waals surface area contributed by atoms with E-state index in [1.54, 1.807) is 79.7 Å². The van der Waals surface area contributed by atoms with Crippen molar-refractivity contribution in [2.45, 2.75) is 13.3 Å². The van der Waals surface area contributed by atoms with Crippen LogP contribution in [0.4, 0.5) is 0 Å². The minimum atomic E-state index is -0.685. The molecule has 6 nitrogen and oxygen atoms in total. The molecule has 0 saturated heterocycles. The number of phenolic OH excluding ortho intramolecular Hbond substituents is 2. The first-order chi connectivity index (χ1) is 16.9. The lowest BCUT2D eigenvalue weighted by molar-refractivity contribution is -0.144. The van der Waals surface area contributed by atoms with Crippen molar-refractivity contribution < 1.29 is 29.3 Å². The third-order valence-corrected chi connectivity index (χ3v) is 5.44. The van der Waals surface area contributed by atoms with Gasteiger partial charge in [0, 0.05) is 0 Å². The van der Waals surface area contributed by atoms with E-state index in [4.69, 9.17) is 9.47 Å². The second kappa shape index (κ2) is 10.6. The molecule has 4 aromatic rings. The Bertz CT molecular complexity index is 1290. The van der Waals surface area contributed by atoms with Crippen molar-refractivity contribution in [1.29, 1.82) is 0 Å². The second-order valence-corrected chi connectivity index (χ2v) is 8.14. The largest absolute Gasteiger partial charge is 0.508 e. The maximum Gasteiger partial charge on any atom is 0.314 e. The number of hydrogen-bond acceptors (Lipinski definition) is 6. The van der Waals surface area contributed by atoms with Crippen LogP contribution in [0.25, 0.3) is 22.3 Å². The first-order valence-electron chi connectivity index (χ1n) is 11.1. The highest BCUT2D eigenvalue weighted by molar-refractivity contribution is 5.82. The van der Waals surface area contributed by atoms with Gasteiger partial charge in [-0.2, -0.15) is 0 Å². The molecule has 35 heavy (non-hydrogen) atoms. The Balaban J connectivity index is 1.29. The van der Waals surface area contributed by atoms with Crippen LogP contribution in [0.3, 0.4) is 0 Å². The van der Waals surface area contributed by atoms with Gasteiger partial charge in [-0.15, -0.1) is 0 Å². The van der Waals surface area contributed by atoms with E-state index in [9.17, 15) is 19.8 Å². The van der Waals surface area contributed by atoms with Crippen LogP contribution < -0.4 is 9.47 Å². The van der Waals surface area contributed by atoms with E-state index in [2.05, 4.69) is 0 Å². The van der Waals surface area contributed by atoms with E-state index in [1.807, 2.05) is 24.3 Å². The monoisotopic (exact) mass is 468 g/mol. The SMILES string of the molecule is CC(CC(=O)Oc1ccc(-c2ccc(O)cc2)cc1)C(=O)Oc1ccc(-c2ccc(O)cc2)cc1. The van der Waals surface area contributed by atoms with Crippen molar-refractivity contribution in [3.8, 4) is 45.3 Å². The summed E-state index contributed by atoms with van der Waals surface area (Å²) in [6.45, 7) is 1.61. The maximum atomic E-state index is 12.4. The zero-order valence-corrected chi connectivity index (χ0v) is 19.0. The van der Waals surface area contributed by atoms with Crippen LogP contribution in [0.2, 0.25) is 0 Å². The van der Waals surface area contributed by atoms with Crippen LogP contribution >= 0.6 is 0 Å². The molecule has 0 saturated carbocycles. The molecule has 0 amide bonds. The fourth-order valence-electron chi connectivity index (χ4n) is 3.46. The van der Waals surface area contributed by atoms with Gasteiger partial charge in [-0.1, -0.05) is 55.5 Å². The first-order valence-corrected chi connectivity index (χ1v) is 11.1. The zero-order chi connectivity index (χ0) is 24.8. The van der Waals surface area contributed by atoms with E-state index >= 15 is 0 Å². The van der Waals surface area contributed by atoms with Gasteiger partial charge in [-0.05, 0) is 70.8 Å². The van der Waals surface area contributed by atoms with Crippen LogP contribution in [-0.4, -0.2) is 22.2 Å². The second-order valence-electron chi connectivity index (χ2n) is 8.14. The van der Waals surface area contributed by atoms with Gasteiger partial charge in [0.1, 0.15) is 23.0 Å². The Hall–Kier alpha value is -4.58. The van der Waals surface area contributed by atoms with Gasteiger partial charge < -0.3 is 19.7 Å². The van der Waals surface area contributed by atoms with Gasteiger partial charge in [-0.3, -0.25) is 9.59 Å². The summed E-state index contributed by atoms with van der Waals surface area (Å²) in [4.78, 5) is 24.8. The summed E-state index contributed by atoms with van der Waals surface area (Å²) in [7, 11) is 0. The van der Waals surface area contributed by atoms with Gasteiger partial charge in [0.05, 0.1) is 12.3 Å². The normalized spacial score (nSPS) is 11.5. The number of ether oxygens (including phenoxy) is 2. The number of phenols is 2. The number of carbonyl (C=O) groups excluding carboxylic acids is 2. The standard InChI is InChI=1S/C29H24O6/c1-19(29(33)35-27-16-8-23(9-17-27)21-4-12-25(31)13-5-21)18-28(32)34-26-14-6-22(7-15-26)20-2-10-24(30)11-3-20/h2-17,19,30-31H,18H2,1H3. The van der Waals surface area contributed by atoms with Gasteiger partial charge in [0.15, 0.2) is 0 Å². The summed E-state index contributed by atoms with van der Waals surface area (Å²) in [5.74, 6) is -0.603. The van der Waals surface area contributed by atoms with Crippen molar-refractivity contribution in [2.24, 2.45) is 5.92 Å². The van der Waals surface area contributed by atoms with E-state index in [1.165, 1.54) is 0 Å². The lowest BCUT2D eigenvalue weighted by Crippen LogP contribution is -2.22. The summed E-state index contributed by atoms with van der Waals surface area (Å²) in [5.41, 5.74) is 3.68. The summed E-state index contributed by atoms with van der Waals surface area (Å²) in [6, 6.07) is 27.6. The fraction of sp³-hybridized carbons (Fsp3) is 0.103. The van der Waals surface area contributed by atoms with E-state index in [0.717, 1.165) is 22.3 Å². The lowest BCUT2D eigenvalue weighted by atomic mass is 10.1. The number of hydrogen-bond donors (Lipinski definition) is 2. The molecule has 0 fully saturated rings. The molecule has 0 aliphatic rings. The Labute approximate surface area is 203 Å². The molecule has 1 unspecified atom stereocenters. The van der Waals surface area contributed by atoms with E-state index < -0.39 is 17.9 Å². The molecule has 176 valence electrons. The van der Waals surface area contributed by atoms with Gasteiger partial charge in [0.2, 0.25) is 0 Å². The minimum absolute atomic E-state index is 0.121. The Morgan fingerprint density at radius 1 is 0.600 bits per heavy atom. The molecule has 2 N–H and O–H groups in total. The maximum absolute atomic E-state index is 12.4. The predicted octanol–water partition coefficient (Wildman–Crippen LogP) is 5.97.